The highest BCUT2D eigenvalue weighted by Crippen LogP contribution is 2.37. The summed E-state index contributed by atoms with van der Waals surface area (Å²) in [5.41, 5.74) is -0.713. The molecule has 2 atom stereocenters. The summed E-state index contributed by atoms with van der Waals surface area (Å²) in [5, 5.41) is 3.47. The van der Waals surface area contributed by atoms with E-state index < -0.39 is 11.7 Å². The van der Waals surface area contributed by atoms with Gasteiger partial charge in [-0.3, -0.25) is 0 Å². The zero-order valence-electron chi connectivity index (χ0n) is 10.3. The Kier molecular flexibility index (Phi) is 4.66. The number of nitrogens with zero attached hydrogens (tertiary/aromatic N) is 1. The maximum Gasteiger partial charge on any atom is 0.419 e. The highest BCUT2D eigenvalue weighted by molar-refractivity contribution is 9.10. The number of halogens is 4. The van der Waals surface area contributed by atoms with Crippen LogP contribution < -0.4 is 5.32 Å². The molecule has 1 heterocycles. The molecule has 7 heteroatoms. The van der Waals surface area contributed by atoms with Gasteiger partial charge >= 0.3 is 6.18 Å². The van der Waals surface area contributed by atoms with Crippen LogP contribution in [0.1, 0.15) is 24.8 Å². The lowest BCUT2D eigenvalue weighted by atomic mass is 10.2. The number of pyridine rings is 1. The molecule has 1 aromatic heterocycles. The molecule has 106 valence electrons. The lowest BCUT2D eigenvalue weighted by Gasteiger charge is -2.18. The molecule has 2 rings (SSSR count). The van der Waals surface area contributed by atoms with E-state index in [1.807, 2.05) is 6.26 Å². The van der Waals surface area contributed by atoms with Crippen LogP contribution in [0.2, 0.25) is 0 Å². The van der Waals surface area contributed by atoms with Crippen molar-refractivity contribution in [3.05, 3.63) is 22.3 Å². The van der Waals surface area contributed by atoms with Gasteiger partial charge in [-0.25, -0.2) is 4.98 Å². The summed E-state index contributed by atoms with van der Waals surface area (Å²) in [6, 6.07) is 1.14. The Balaban J connectivity index is 2.16. The number of aromatic nitrogens is 1. The molecule has 0 bridgehead atoms. The second-order valence-corrected chi connectivity index (χ2v) is 6.61. The second kappa shape index (κ2) is 5.91. The molecule has 0 aromatic carbocycles. The van der Waals surface area contributed by atoms with E-state index >= 15 is 0 Å². The largest absolute Gasteiger partial charge is 0.419 e. The van der Waals surface area contributed by atoms with Crippen molar-refractivity contribution in [3.63, 3.8) is 0 Å². The minimum atomic E-state index is -4.39. The first-order valence-corrected chi connectivity index (χ1v) is 8.00. The Morgan fingerprint density at radius 3 is 2.74 bits per heavy atom. The van der Waals surface area contributed by atoms with Gasteiger partial charge in [0.15, 0.2) is 0 Å². The van der Waals surface area contributed by atoms with Crippen LogP contribution in [-0.4, -0.2) is 22.5 Å². The van der Waals surface area contributed by atoms with Crippen molar-refractivity contribution < 1.29 is 13.2 Å². The third kappa shape index (κ3) is 3.78. The summed E-state index contributed by atoms with van der Waals surface area (Å²) in [6.45, 7) is 0. The zero-order chi connectivity index (χ0) is 14.0. The molecule has 1 aliphatic rings. The van der Waals surface area contributed by atoms with Crippen LogP contribution in [0.3, 0.4) is 0 Å². The first kappa shape index (κ1) is 15.0. The van der Waals surface area contributed by atoms with Gasteiger partial charge in [0.1, 0.15) is 5.82 Å². The summed E-state index contributed by atoms with van der Waals surface area (Å²) in [6.07, 6.45) is 1.84. The fourth-order valence-electron chi connectivity index (χ4n) is 2.25. The number of nitrogens with one attached hydrogen (secondary N) is 1. The Hall–Kier alpha value is -0.430. The highest BCUT2D eigenvalue weighted by atomic mass is 79.9. The van der Waals surface area contributed by atoms with Gasteiger partial charge in [-0.15, -0.1) is 0 Å². The molecule has 1 saturated carbocycles. The highest BCUT2D eigenvalue weighted by Gasteiger charge is 2.36. The maximum atomic E-state index is 12.9. The topological polar surface area (TPSA) is 24.9 Å². The van der Waals surface area contributed by atoms with Crippen molar-refractivity contribution in [2.24, 2.45) is 0 Å². The molecule has 2 nitrogen and oxygen atoms in total. The minimum absolute atomic E-state index is 0.0672. The number of anilines is 1. The van der Waals surface area contributed by atoms with Crippen molar-refractivity contribution in [2.45, 2.75) is 36.7 Å². The average Bonchev–Trinajstić information content (AvgIpc) is 2.78. The minimum Gasteiger partial charge on any atom is -0.367 e. The van der Waals surface area contributed by atoms with E-state index in [-0.39, 0.29) is 11.9 Å². The van der Waals surface area contributed by atoms with E-state index in [2.05, 4.69) is 26.2 Å². The van der Waals surface area contributed by atoms with Crippen molar-refractivity contribution in [3.8, 4) is 0 Å². The van der Waals surface area contributed by atoms with E-state index in [4.69, 9.17) is 0 Å². The van der Waals surface area contributed by atoms with Crippen molar-refractivity contribution in [1.82, 2.24) is 4.98 Å². The second-order valence-electron chi connectivity index (χ2n) is 4.56. The third-order valence-electron chi connectivity index (χ3n) is 3.22. The van der Waals surface area contributed by atoms with Gasteiger partial charge in [-0.2, -0.15) is 24.9 Å². The Morgan fingerprint density at radius 2 is 2.16 bits per heavy atom. The van der Waals surface area contributed by atoms with E-state index in [0.29, 0.717) is 9.72 Å². The van der Waals surface area contributed by atoms with Gasteiger partial charge in [-0.1, -0.05) is 0 Å². The van der Waals surface area contributed by atoms with Gasteiger partial charge in [0.2, 0.25) is 0 Å². The number of hydrogen-bond acceptors (Lipinski definition) is 3. The van der Waals surface area contributed by atoms with Gasteiger partial charge in [-0.05, 0) is 47.5 Å². The fourth-order valence-corrected chi connectivity index (χ4v) is 3.38. The lowest BCUT2D eigenvalue weighted by Crippen LogP contribution is -2.20. The quantitative estimate of drug-likeness (QED) is 0.861. The normalized spacial score (nSPS) is 23.6. The van der Waals surface area contributed by atoms with Crippen molar-refractivity contribution in [1.29, 1.82) is 0 Å². The van der Waals surface area contributed by atoms with E-state index in [9.17, 15) is 13.2 Å². The zero-order valence-corrected chi connectivity index (χ0v) is 12.7. The van der Waals surface area contributed by atoms with Crippen LogP contribution in [0, 0.1) is 0 Å². The molecule has 0 aliphatic heterocycles. The SMILES string of the molecule is CSC1CCC(Nc2ncc(Br)cc2C(F)(F)F)C1. The van der Waals surface area contributed by atoms with Crippen LogP contribution >= 0.6 is 27.7 Å². The summed E-state index contributed by atoms with van der Waals surface area (Å²) < 4.78 is 39.2. The fraction of sp³-hybridized carbons (Fsp3) is 0.583. The maximum absolute atomic E-state index is 12.9. The van der Waals surface area contributed by atoms with E-state index in [1.54, 1.807) is 11.8 Å². The Labute approximate surface area is 122 Å². The number of thioether (sulfide) groups is 1. The molecule has 0 saturated heterocycles. The molecular formula is C12H14BrF3N2S. The van der Waals surface area contributed by atoms with Crippen LogP contribution in [0.5, 0.6) is 0 Å². The summed E-state index contributed by atoms with van der Waals surface area (Å²) in [4.78, 5) is 3.87. The van der Waals surface area contributed by atoms with Gasteiger partial charge in [0.05, 0.1) is 5.56 Å². The molecule has 0 spiro atoms. The predicted octanol–water partition coefficient (Wildman–Crippen LogP) is 4.56. The van der Waals surface area contributed by atoms with Crippen LogP contribution in [0.25, 0.3) is 0 Å². The molecule has 19 heavy (non-hydrogen) atoms. The molecular weight excluding hydrogens is 341 g/mol. The molecule has 1 aromatic rings. The number of hydrogen-bond donors (Lipinski definition) is 1. The lowest BCUT2D eigenvalue weighted by molar-refractivity contribution is -0.137. The summed E-state index contributed by atoms with van der Waals surface area (Å²) in [5.74, 6) is -0.0672. The Bertz CT molecular complexity index is 453. The standard InChI is InChI=1S/C12H14BrF3N2S/c1-19-9-3-2-8(5-9)18-11-10(12(14,15)16)4-7(13)6-17-11/h4,6,8-9H,2-3,5H2,1H3,(H,17,18). The van der Waals surface area contributed by atoms with Gasteiger partial charge < -0.3 is 5.32 Å². The molecule has 2 unspecified atom stereocenters. The molecule has 1 N–H and O–H groups in total. The van der Waals surface area contributed by atoms with E-state index in [0.717, 1.165) is 25.3 Å². The first-order chi connectivity index (χ1) is 8.90. The Morgan fingerprint density at radius 1 is 1.42 bits per heavy atom. The molecule has 1 fully saturated rings. The predicted molar refractivity (Wildman–Crippen MR) is 75.5 cm³/mol. The van der Waals surface area contributed by atoms with Crippen LogP contribution in [-0.2, 0) is 6.18 Å². The summed E-state index contributed by atoms with van der Waals surface area (Å²) >= 11 is 4.80. The molecule has 1 aliphatic carbocycles. The third-order valence-corrected chi connectivity index (χ3v) is 4.75. The molecule has 0 radical (unpaired) electrons. The van der Waals surface area contributed by atoms with Gasteiger partial charge in [0.25, 0.3) is 0 Å². The number of alkyl halides is 3. The van der Waals surface area contributed by atoms with E-state index in [1.165, 1.54) is 6.20 Å². The van der Waals surface area contributed by atoms with Crippen molar-refractivity contribution in [2.75, 3.05) is 11.6 Å². The molecule has 0 amide bonds. The van der Waals surface area contributed by atoms with Crippen molar-refractivity contribution >= 4 is 33.5 Å². The summed E-state index contributed by atoms with van der Waals surface area (Å²) in [7, 11) is 0. The van der Waals surface area contributed by atoms with Gasteiger partial charge in [0, 0.05) is 22.0 Å². The number of rotatable bonds is 3. The smallest absolute Gasteiger partial charge is 0.367 e. The average molecular weight is 355 g/mol. The monoisotopic (exact) mass is 354 g/mol. The first-order valence-electron chi connectivity index (χ1n) is 5.92. The van der Waals surface area contributed by atoms with Crippen LogP contribution in [0.15, 0.2) is 16.7 Å². The van der Waals surface area contributed by atoms with Crippen LogP contribution in [0.4, 0.5) is 19.0 Å².